The predicted molar refractivity (Wildman–Crippen MR) is 73.4 cm³/mol. The van der Waals surface area contributed by atoms with Crippen LogP contribution in [0.3, 0.4) is 0 Å². The maximum Gasteiger partial charge on any atom is 0.108 e. The van der Waals surface area contributed by atoms with E-state index in [-0.39, 0.29) is 0 Å². The van der Waals surface area contributed by atoms with E-state index in [1.54, 1.807) is 0 Å². The maximum atomic E-state index is 5.62. The molecule has 3 aromatic rings. The van der Waals surface area contributed by atoms with Gasteiger partial charge in [-0.25, -0.2) is 0 Å². The molecule has 0 N–H and O–H groups in total. The van der Waals surface area contributed by atoms with Gasteiger partial charge < -0.3 is 4.42 Å². The summed E-state index contributed by atoms with van der Waals surface area (Å²) in [6, 6.07) is 22.8. The highest BCUT2D eigenvalue weighted by Crippen LogP contribution is 2.23. The van der Waals surface area contributed by atoms with Crippen LogP contribution in [0.25, 0.3) is 11.1 Å². The fraction of sp³-hybridized carbons (Fsp3) is 0.0588. The molecule has 1 heteroatoms. The van der Waals surface area contributed by atoms with Gasteiger partial charge >= 0.3 is 0 Å². The van der Waals surface area contributed by atoms with Crippen molar-refractivity contribution in [3.05, 3.63) is 84.3 Å². The Bertz CT molecular complexity index is 608. The minimum atomic E-state index is 0.841. The monoisotopic (exact) mass is 234 g/mol. The van der Waals surface area contributed by atoms with Crippen LogP contribution >= 0.6 is 0 Å². The summed E-state index contributed by atoms with van der Waals surface area (Å²) in [5.41, 5.74) is 3.61. The molecule has 0 saturated carbocycles. The second-order valence-corrected chi connectivity index (χ2v) is 4.33. The Morgan fingerprint density at radius 3 is 2.11 bits per heavy atom. The number of rotatable bonds is 3. The van der Waals surface area contributed by atoms with Gasteiger partial charge in [-0.1, -0.05) is 60.7 Å². The van der Waals surface area contributed by atoms with Gasteiger partial charge in [-0.15, -0.1) is 0 Å². The first-order valence-electron chi connectivity index (χ1n) is 6.08. The molecule has 0 aliphatic rings. The zero-order valence-electron chi connectivity index (χ0n) is 10.0. The molecule has 0 aliphatic heterocycles. The van der Waals surface area contributed by atoms with Crippen molar-refractivity contribution >= 4 is 0 Å². The molecule has 0 bridgehead atoms. The van der Waals surface area contributed by atoms with Crippen LogP contribution < -0.4 is 0 Å². The highest BCUT2D eigenvalue weighted by molar-refractivity contribution is 5.62. The first kappa shape index (κ1) is 10.8. The molecule has 0 amide bonds. The predicted octanol–water partition coefficient (Wildman–Crippen LogP) is 4.54. The van der Waals surface area contributed by atoms with Gasteiger partial charge in [0.05, 0.1) is 6.26 Å². The summed E-state index contributed by atoms with van der Waals surface area (Å²) in [4.78, 5) is 0. The highest BCUT2D eigenvalue weighted by atomic mass is 16.3. The molecule has 0 radical (unpaired) electrons. The molecular weight excluding hydrogens is 220 g/mol. The third-order valence-corrected chi connectivity index (χ3v) is 2.98. The Labute approximate surface area is 107 Å². The Kier molecular flexibility index (Phi) is 2.97. The Hall–Kier alpha value is -2.28. The number of benzene rings is 2. The van der Waals surface area contributed by atoms with E-state index < -0.39 is 0 Å². The molecule has 0 fully saturated rings. The minimum absolute atomic E-state index is 0.841. The molecule has 18 heavy (non-hydrogen) atoms. The summed E-state index contributed by atoms with van der Waals surface area (Å²) in [6.45, 7) is 0. The number of hydrogen-bond acceptors (Lipinski definition) is 1. The standard InChI is InChI=1S/C17H14O/c1-3-7-14(8-4-1)11-17-12-16(13-18-17)15-9-5-2-6-10-15/h1-10,12-13H,11H2. The van der Waals surface area contributed by atoms with Crippen molar-refractivity contribution in [1.82, 2.24) is 0 Å². The average Bonchev–Trinajstić information content (AvgIpc) is 2.89. The van der Waals surface area contributed by atoms with Crippen molar-refractivity contribution in [3.63, 3.8) is 0 Å². The molecule has 2 aromatic carbocycles. The van der Waals surface area contributed by atoms with E-state index in [9.17, 15) is 0 Å². The van der Waals surface area contributed by atoms with Crippen LogP contribution in [0.2, 0.25) is 0 Å². The van der Waals surface area contributed by atoms with E-state index in [4.69, 9.17) is 4.42 Å². The van der Waals surface area contributed by atoms with Gasteiger partial charge in [-0.05, 0) is 17.2 Å². The first-order valence-corrected chi connectivity index (χ1v) is 6.08. The van der Waals surface area contributed by atoms with Gasteiger partial charge in [-0.2, -0.15) is 0 Å². The Morgan fingerprint density at radius 1 is 0.722 bits per heavy atom. The molecule has 0 unspecified atom stereocenters. The van der Waals surface area contributed by atoms with Crippen LogP contribution in [0.5, 0.6) is 0 Å². The lowest BCUT2D eigenvalue weighted by Gasteiger charge is -1.96. The van der Waals surface area contributed by atoms with Crippen molar-refractivity contribution in [1.29, 1.82) is 0 Å². The minimum Gasteiger partial charge on any atom is -0.468 e. The first-order chi connectivity index (χ1) is 8.92. The van der Waals surface area contributed by atoms with E-state index in [1.807, 2.05) is 30.5 Å². The van der Waals surface area contributed by atoms with E-state index in [2.05, 4.69) is 42.5 Å². The van der Waals surface area contributed by atoms with Gasteiger partial charge in [0.15, 0.2) is 0 Å². The van der Waals surface area contributed by atoms with Crippen LogP contribution in [0.4, 0.5) is 0 Å². The van der Waals surface area contributed by atoms with Crippen molar-refractivity contribution < 1.29 is 4.42 Å². The van der Waals surface area contributed by atoms with Gasteiger partial charge in [0.25, 0.3) is 0 Å². The summed E-state index contributed by atoms with van der Waals surface area (Å²) in [7, 11) is 0. The van der Waals surface area contributed by atoms with Crippen molar-refractivity contribution in [2.24, 2.45) is 0 Å². The van der Waals surface area contributed by atoms with Crippen LogP contribution in [0.15, 0.2) is 77.4 Å². The topological polar surface area (TPSA) is 13.1 Å². The van der Waals surface area contributed by atoms with Crippen molar-refractivity contribution in [3.8, 4) is 11.1 Å². The summed E-state index contributed by atoms with van der Waals surface area (Å²) < 4.78 is 5.62. The third kappa shape index (κ3) is 2.35. The summed E-state index contributed by atoms with van der Waals surface area (Å²) >= 11 is 0. The molecule has 0 saturated heterocycles. The third-order valence-electron chi connectivity index (χ3n) is 2.98. The van der Waals surface area contributed by atoms with Gasteiger partial charge in [-0.3, -0.25) is 0 Å². The average molecular weight is 234 g/mol. The zero-order valence-corrected chi connectivity index (χ0v) is 10.0. The highest BCUT2D eigenvalue weighted by Gasteiger charge is 2.04. The van der Waals surface area contributed by atoms with E-state index in [0.29, 0.717) is 0 Å². The molecule has 1 nitrogen and oxygen atoms in total. The lowest BCUT2D eigenvalue weighted by Crippen LogP contribution is -1.83. The van der Waals surface area contributed by atoms with Gasteiger partial charge in [0.1, 0.15) is 5.76 Å². The summed E-state index contributed by atoms with van der Waals surface area (Å²) in [6.07, 6.45) is 2.67. The molecule has 1 heterocycles. The van der Waals surface area contributed by atoms with Crippen molar-refractivity contribution in [2.75, 3.05) is 0 Å². The SMILES string of the molecule is c1ccc(Cc2cc(-c3ccccc3)co2)cc1. The van der Waals surface area contributed by atoms with Crippen LogP contribution in [-0.4, -0.2) is 0 Å². The van der Waals surface area contributed by atoms with Crippen molar-refractivity contribution in [2.45, 2.75) is 6.42 Å². The summed E-state index contributed by atoms with van der Waals surface area (Å²) in [5.74, 6) is 1.00. The number of hydrogen-bond donors (Lipinski definition) is 0. The van der Waals surface area contributed by atoms with Crippen LogP contribution in [-0.2, 0) is 6.42 Å². The van der Waals surface area contributed by atoms with Crippen LogP contribution in [0.1, 0.15) is 11.3 Å². The van der Waals surface area contributed by atoms with Crippen LogP contribution in [0, 0.1) is 0 Å². The fourth-order valence-electron chi connectivity index (χ4n) is 2.05. The molecule has 3 rings (SSSR count). The fourth-order valence-corrected chi connectivity index (χ4v) is 2.05. The second-order valence-electron chi connectivity index (χ2n) is 4.33. The van der Waals surface area contributed by atoms with E-state index >= 15 is 0 Å². The smallest absolute Gasteiger partial charge is 0.108 e. The Balaban J connectivity index is 1.82. The maximum absolute atomic E-state index is 5.62. The van der Waals surface area contributed by atoms with Gasteiger partial charge in [0.2, 0.25) is 0 Å². The van der Waals surface area contributed by atoms with E-state index in [1.165, 1.54) is 11.1 Å². The number of furan rings is 1. The molecule has 1 aromatic heterocycles. The van der Waals surface area contributed by atoms with E-state index in [0.717, 1.165) is 17.7 Å². The molecular formula is C17H14O. The van der Waals surface area contributed by atoms with Gasteiger partial charge in [0, 0.05) is 12.0 Å². The lowest BCUT2D eigenvalue weighted by molar-refractivity contribution is 0.521. The molecule has 88 valence electrons. The summed E-state index contributed by atoms with van der Waals surface area (Å²) in [5, 5.41) is 0. The largest absolute Gasteiger partial charge is 0.468 e. The normalized spacial score (nSPS) is 10.4. The molecule has 0 aliphatic carbocycles. The molecule has 0 atom stereocenters. The lowest BCUT2D eigenvalue weighted by atomic mass is 10.1. The quantitative estimate of drug-likeness (QED) is 0.648. The molecule has 0 spiro atoms. The Morgan fingerprint density at radius 2 is 1.39 bits per heavy atom. The second kappa shape index (κ2) is 4.92. The zero-order chi connectivity index (χ0) is 12.2.